The summed E-state index contributed by atoms with van der Waals surface area (Å²) in [6, 6.07) is 1.93. The third-order valence-corrected chi connectivity index (χ3v) is 5.25. The number of carbonyl (C=O) groups is 1. The Bertz CT molecular complexity index is 1030. The van der Waals surface area contributed by atoms with Crippen LogP contribution in [0.1, 0.15) is 79.0 Å². The maximum absolute atomic E-state index is 11.7. The highest BCUT2D eigenvalue weighted by molar-refractivity contribution is 6.00. The minimum absolute atomic E-state index is 0.0533. The van der Waals surface area contributed by atoms with E-state index in [0.29, 0.717) is 12.4 Å². The fourth-order valence-electron chi connectivity index (χ4n) is 3.65. The number of rotatable bonds is 4. The zero-order valence-corrected chi connectivity index (χ0v) is 20.8. The molecule has 180 valence electrons. The van der Waals surface area contributed by atoms with Crippen LogP contribution in [0.15, 0.2) is 18.5 Å². The second-order valence-corrected chi connectivity index (χ2v) is 9.35. The van der Waals surface area contributed by atoms with Gasteiger partial charge in [0.15, 0.2) is 0 Å². The molecule has 1 saturated carbocycles. The van der Waals surface area contributed by atoms with Crippen molar-refractivity contribution in [2.75, 3.05) is 6.61 Å². The molecule has 0 aromatic carbocycles. The van der Waals surface area contributed by atoms with Crippen LogP contribution in [0.5, 0.6) is 0 Å². The molecule has 3 aromatic rings. The molecule has 33 heavy (non-hydrogen) atoms. The van der Waals surface area contributed by atoms with Gasteiger partial charge in [-0.25, -0.2) is 14.8 Å². The van der Waals surface area contributed by atoms with Crippen LogP contribution in [0.4, 0.5) is 4.79 Å². The first-order valence-corrected chi connectivity index (χ1v) is 12.0. The minimum Gasteiger partial charge on any atom is -0.449 e. The minimum atomic E-state index is -0.444. The molecule has 1 aliphatic rings. The Hall–Kier alpha value is -3.01. The van der Waals surface area contributed by atoms with Gasteiger partial charge in [-0.1, -0.05) is 53.9 Å². The molecule has 0 atom stereocenters. The van der Waals surface area contributed by atoms with Crippen molar-refractivity contribution in [3.05, 3.63) is 24.3 Å². The van der Waals surface area contributed by atoms with Gasteiger partial charge in [-0.05, 0) is 30.2 Å². The summed E-state index contributed by atoms with van der Waals surface area (Å²) in [5, 5.41) is 3.65. The average Bonchev–Trinajstić information content (AvgIpc) is 3.45. The number of pyridine rings is 1. The van der Waals surface area contributed by atoms with Crippen molar-refractivity contribution in [3.63, 3.8) is 0 Å². The molecule has 3 aromatic heterocycles. The van der Waals surface area contributed by atoms with Gasteiger partial charge >= 0.3 is 6.09 Å². The molecule has 0 aliphatic heterocycles. The highest BCUT2D eigenvalue weighted by Crippen LogP contribution is 2.25. The van der Waals surface area contributed by atoms with E-state index in [9.17, 15) is 4.79 Å². The number of hydrogen-bond donors (Lipinski definition) is 3. The first-order chi connectivity index (χ1) is 15.9. The third-order valence-electron chi connectivity index (χ3n) is 5.25. The second kappa shape index (κ2) is 12.9. The Labute approximate surface area is 197 Å². The van der Waals surface area contributed by atoms with E-state index in [4.69, 9.17) is 11.2 Å². The molecule has 0 radical (unpaired) electrons. The molecular weight excluding hydrogens is 414 g/mol. The predicted molar refractivity (Wildman–Crippen MR) is 135 cm³/mol. The first kappa shape index (κ1) is 26.2. The number of carbonyl (C=O) groups excluding carboxylic acids is 1. The van der Waals surface area contributed by atoms with Gasteiger partial charge in [0, 0.05) is 18.0 Å². The number of hydrogen-bond acceptors (Lipinski definition) is 4. The van der Waals surface area contributed by atoms with Crippen LogP contribution in [-0.4, -0.2) is 32.6 Å². The van der Waals surface area contributed by atoms with Crippen LogP contribution < -0.4 is 5.32 Å². The Morgan fingerprint density at radius 2 is 2.00 bits per heavy atom. The van der Waals surface area contributed by atoms with Crippen LogP contribution in [0.2, 0.25) is 0 Å². The topological polar surface area (TPSA) is 95.7 Å². The number of fused-ring (bicyclic) bond motifs is 3. The lowest BCUT2D eigenvalue weighted by Crippen LogP contribution is -2.28. The summed E-state index contributed by atoms with van der Waals surface area (Å²) >= 11 is 0. The molecule has 0 spiro atoms. The summed E-state index contributed by atoms with van der Waals surface area (Å²) in [5.41, 5.74) is 2.42. The average molecular weight is 454 g/mol. The van der Waals surface area contributed by atoms with Gasteiger partial charge in [0.05, 0.1) is 24.9 Å². The fraction of sp³-hybridized carbons (Fsp3) is 0.577. The maximum atomic E-state index is 11.7. The molecule has 0 unspecified atom stereocenters. The summed E-state index contributed by atoms with van der Waals surface area (Å²) in [6.45, 7) is 10.7. The Kier molecular flexibility index (Phi) is 10.2. The number of nitrogens with zero attached hydrogens (tertiary/aromatic N) is 2. The summed E-state index contributed by atoms with van der Waals surface area (Å²) in [4.78, 5) is 26.7. The lowest BCUT2D eigenvalue weighted by Gasteiger charge is -2.18. The molecule has 1 amide bonds. The van der Waals surface area contributed by atoms with Gasteiger partial charge in [0.1, 0.15) is 17.0 Å². The van der Waals surface area contributed by atoms with E-state index in [1.54, 1.807) is 6.20 Å². The Morgan fingerprint density at radius 3 is 2.67 bits per heavy atom. The standard InChI is InChI=1S/C15H19N5O2.C9H14.C2H6/c1-15(2,3)8-22-14(21)18-7-11-19-10-6-17-13-9(4-5-16-13)12(10)20-11;1-2-6-9-7-4-3-5-8-9;1-2/h4-6H,7-8H2,1-3H3,(H,16,17)(H,18,21)(H,19,20);1,9H,3-8H2;1-2H3. The lowest BCUT2D eigenvalue weighted by molar-refractivity contribution is 0.106. The van der Waals surface area contributed by atoms with Gasteiger partial charge in [-0.2, -0.15) is 0 Å². The van der Waals surface area contributed by atoms with Crippen molar-refractivity contribution in [2.24, 2.45) is 11.3 Å². The number of ether oxygens (including phenoxy) is 1. The van der Waals surface area contributed by atoms with Crippen LogP contribution in [0.3, 0.4) is 0 Å². The molecule has 7 nitrogen and oxygen atoms in total. The van der Waals surface area contributed by atoms with Crippen molar-refractivity contribution in [3.8, 4) is 12.3 Å². The monoisotopic (exact) mass is 453 g/mol. The van der Waals surface area contributed by atoms with Crippen LogP contribution in [-0.2, 0) is 11.3 Å². The number of imidazole rings is 1. The van der Waals surface area contributed by atoms with Crippen LogP contribution >= 0.6 is 0 Å². The van der Waals surface area contributed by atoms with E-state index >= 15 is 0 Å². The van der Waals surface area contributed by atoms with E-state index in [1.165, 1.54) is 32.1 Å². The molecule has 4 rings (SSSR count). The number of aromatic nitrogens is 4. The molecule has 3 heterocycles. The van der Waals surface area contributed by atoms with E-state index in [1.807, 2.05) is 46.9 Å². The van der Waals surface area contributed by atoms with Crippen molar-refractivity contribution < 1.29 is 9.53 Å². The summed E-state index contributed by atoms with van der Waals surface area (Å²) < 4.78 is 5.15. The van der Waals surface area contributed by atoms with Crippen molar-refractivity contribution in [1.29, 1.82) is 0 Å². The molecule has 1 aliphatic carbocycles. The summed E-state index contributed by atoms with van der Waals surface area (Å²) in [6.07, 6.45) is 16.3. The SMILES string of the molecule is C#CCC1CCCCC1.CC.CC(C)(C)COC(=O)NCc1nc2c(cnc3[nH]ccc32)[nH]1. The number of alkyl carbamates (subject to hydrolysis) is 1. The second-order valence-electron chi connectivity index (χ2n) is 9.35. The van der Waals surface area contributed by atoms with E-state index < -0.39 is 6.09 Å². The lowest BCUT2D eigenvalue weighted by atomic mass is 9.87. The molecule has 1 fully saturated rings. The van der Waals surface area contributed by atoms with Gasteiger partial charge in [-0.3, -0.25) is 0 Å². The highest BCUT2D eigenvalue weighted by Gasteiger charge is 2.14. The largest absolute Gasteiger partial charge is 0.449 e. The maximum Gasteiger partial charge on any atom is 0.407 e. The predicted octanol–water partition coefficient (Wildman–Crippen LogP) is 6.33. The third kappa shape index (κ3) is 8.45. The number of H-pyrrole nitrogens is 2. The van der Waals surface area contributed by atoms with E-state index in [2.05, 4.69) is 31.2 Å². The van der Waals surface area contributed by atoms with Crippen molar-refractivity contribution >= 4 is 28.2 Å². The molecule has 7 heteroatoms. The highest BCUT2D eigenvalue weighted by atomic mass is 16.5. The fourth-order valence-corrected chi connectivity index (χ4v) is 3.65. The van der Waals surface area contributed by atoms with Gasteiger partial charge in [0.25, 0.3) is 0 Å². The first-order valence-electron chi connectivity index (χ1n) is 12.0. The summed E-state index contributed by atoms with van der Waals surface area (Å²) in [7, 11) is 0. The molecular formula is C26H39N5O2. The number of aromatic amines is 2. The van der Waals surface area contributed by atoms with Gasteiger partial charge < -0.3 is 20.0 Å². The molecule has 0 bridgehead atoms. The normalized spacial score (nSPS) is 13.9. The van der Waals surface area contributed by atoms with Crippen molar-refractivity contribution in [2.45, 2.75) is 79.7 Å². The molecule has 3 N–H and O–H groups in total. The van der Waals surface area contributed by atoms with E-state index in [-0.39, 0.29) is 12.0 Å². The Balaban J connectivity index is 0.000000293. The van der Waals surface area contributed by atoms with Crippen molar-refractivity contribution in [1.82, 2.24) is 25.3 Å². The number of terminal acetylenes is 1. The zero-order chi connectivity index (χ0) is 24.3. The smallest absolute Gasteiger partial charge is 0.407 e. The molecule has 0 saturated heterocycles. The zero-order valence-electron chi connectivity index (χ0n) is 20.8. The van der Waals surface area contributed by atoms with Crippen LogP contribution in [0, 0.1) is 23.7 Å². The van der Waals surface area contributed by atoms with Crippen LogP contribution in [0.25, 0.3) is 22.1 Å². The number of amides is 1. The Morgan fingerprint density at radius 1 is 1.27 bits per heavy atom. The number of nitrogens with one attached hydrogen (secondary N) is 3. The van der Waals surface area contributed by atoms with Gasteiger partial charge in [0.2, 0.25) is 0 Å². The van der Waals surface area contributed by atoms with E-state index in [0.717, 1.165) is 34.4 Å². The quantitative estimate of drug-likeness (QED) is 0.402. The van der Waals surface area contributed by atoms with Gasteiger partial charge in [-0.15, -0.1) is 12.3 Å². The summed E-state index contributed by atoms with van der Waals surface area (Å²) in [5.74, 6) is 4.27.